The van der Waals surface area contributed by atoms with Crippen molar-refractivity contribution in [2.45, 2.75) is 19.3 Å². The number of aromatic hydroxyl groups is 2. The Hall–Kier alpha value is -2.26. The summed E-state index contributed by atoms with van der Waals surface area (Å²) in [5.74, 6) is 0.332. The average molecular weight is 298 g/mol. The molecule has 0 radical (unpaired) electrons. The number of methoxy groups -OCH3 is 1. The number of phenolic OH excluding ortho intramolecular Hbond substituents is 2. The molecular weight excluding hydrogens is 276 g/mol. The lowest BCUT2D eigenvalue weighted by molar-refractivity contribution is 0.195. The van der Waals surface area contributed by atoms with Crippen LogP contribution in [0.5, 0.6) is 11.5 Å². The van der Waals surface area contributed by atoms with Crippen molar-refractivity contribution in [3.05, 3.63) is 60.2 Å². The molecule has 2 aromatic rings. The van der Waals surface area contributed by atoms with Crippen LogP contribution in [0.2, 0.25) is 0 Å². The summed E-state index contributed by atoms with van der Waals surface area (Å²) in [4.78, 5) is 0. The monoisotopic (exact) mass is 298 g/mol. The van der Waals surface area contributed by atoms with Crippen molar-refractivity contribution in [3.63, 3.8) is 0 Å². The van der Waals surface area contributed by atoms with E-state index in [2.05, 4.69) is 6.58 Å². The number of allylic oxidation sites excluding steroid dienone is 1. The number of hydrogen-bond acceptors (Lipinski definition) is 3. The second-order valence-corrected chi connectivity index (χ2v) is 5.29. The fourth-order valence-corrected chi connectivity index (χ4v) is 2.47. The van der Waals surface area contributed by atoms with Crippen molar-refractivity contribution < 1.29 is 14.9 Å². The van der Waals surface area contributed by atoms with Crippen molar-refractivity contribution in [1.82, 2.24) is 0 Å². The summed E-state index contributed by atoms with van der Waals surface area (Å²) in [7, 11) is 1.69. The topological polar surface area (TPSA) is 49.7 Å². The summed E-state index contributed by atoms with van der Waals surface area (Å²) in [6, 6.07) is 10.9. The predicted octanol–water partition coefficient (Wildman–Crippen LogP) is 4.07. The standard InChI is InChI=1S/C19H22O3/c1-3-5-14-7-9-18(20)16(12-14)17-13-15(6-4-11-22-2)8-10-19(17)21/h3,7-10,12-13,20-21H,1,4-6,11H2,2H3. The summed E-state index contributed by atoms with van der Waals surface area (Å²) in [5, 5.41) is 20.3. The fourth-order valence-electron chi connectivity index (χ4n) is 2.47. The number of aryl methyl sites for hydroxylation is 1. The maximum Gasteiger partial charge on any atom is 0.123 e. The van der Waals surface area contributed by atoms with E-state index in [-0.39, 0.29) is 11.5 Å². The van der Waals surface area contributed by atoms with Crippen LogP contribution in [0.15, 0.2) is 49.1 Å². The molecule has 116 valence electrons. The zero-order chi connectivity index (χ0) is 15.9. The van der Waals surface area contributed by atoms with Gasteiger partial charge in [-0.15, -0.1) is 6.58 Å². The minimum Gasteiger partial charge on any atom is -0.507 e. The van der Waals surface area contributed by atoms with Gasteiger partial charge in [-0.3, -0.25) is 0 Å². The Bertz CT molecular complexity index is 647. The molecule has 0 saturated heterocycles. The van der Waals surface area contributed by atoms with E-state index in [0.717, 1.165) is 30.4 Å². The molecule has 0 aliphatic heterocycles. The maximum atomic E-state index is 10.1. The van der Waals surface area contributed by atoms with E-state index < -0.39 is 0 Å². The highest BCUT2D eigenvalue weighted by atomic mass is 16.5. The summed E-state index contributed by atoms with van der Waals surface area (Å²) < 4.78 is 5.07. The molecule has 2 N–H and O–H groups in total. The molecule has 0 saturated carbocycles. The van der Waals surface area contributed by atoms with Gasteiger partial charge < -0.3 is 14.9 Å². The quantitative estimate of drug-likeness (QED) is 0.598. The summed E-state index contributed by atoms with van der Waals surface area (Å²) >= 11 is 0. The molecule has 2 rings (SSSR count). The second-order valence-electron chi connectivity index (χ2n) is 5.29. The van der Waals surface area contributed by atoms with Crippen LogP contribution in [0, 0.1) is 0 Å². The average Bonchev–Trinajstić information content (AvgIpc) is 2.51. The summed E-state index contributed by atoms with van der Waals surface area (Å²) in [5.41, 5.74) is 3.45. The highest BCUT2D eigenvalue weighted by Gasteiger charge is 2.11. The van der Waals surface area contributed by atoms with Gasteiger partial charge in [0, 0.05) is 24.8 Å². The number of benzene rings is 2. The van der Waals surface area contributed by atoms with Gasteiger partial charge in [-0.1, -0.05) is 18.2 Å². The third-order valence-electron chi connectivity index (χ3n) is 3.61. The van der Waals surface area contributed by atoms with Gasteiger partial charge in [0.05, 0.1) is 0 Å². The fraction of sp³-hybridized carbons (Fsp3) is 0.263. The Morgan fingerprint density at radius 1 is 1.00 bits per heavy atom. The number of hydrogen-bond donors (Lipinski definition) is 2. The third-order valence-corrected chi connectivity index (χ3v) is 3.61. The molecule has 0 fully saturated rings. The SMILES string of the molecule is C=CCc1ccc(O)c(-c2cc(CCCOC)ccc2O)c1. The Kier molecular flexibility index (Phi) is 5.61. The molecule has 0 aromatic heterocycles. The molecular formula is C19H22O3. The van der Waals surface area contributed by atoms with Crippen LogP contribution in [0.4, 0.5) is 0 Å². The van der Waals surface area contributed by atoms with Crippen LogP contribution >= 0.6 is 0 Å². The molecule has 0 atom stereocenters. The van der Waals surface area contributed by atoms with E-state index in [1.807, 2.05) is 30.3 Å². The molecule has 0 unspecified atom stereocenters. The number of rotatable bonds is 7. The van der Waals surface area contributed by atoms with Crippen molar-refractivity contribution in [1.29, 1.82) is 0 Å². The van der Waals surface area contributed by atoms with Gasteiger partial charge in [-0.05, 0) is 54.7 Å². The predicted molar refractivity (Wildman–Crippen MR) is 89.3 cm³/mol. The van der Waals surface area contributed by atoms with Gasteiger partial charge in [0.25, 0.3) is 0 Å². The smallest absolute Gasteiger partial charge is 0.123 e. The van der Waals surface area contributed by atoms with E-state index in [0.29, 0.717) is 17.7 Å². The summed E-state index contributed by atoms with van der Waals surface area (Å²) in [6.07, 6.45) is 4.33. The summed E-state index contributed by atoms with van der Waals surface area (Å²) in [6.45, 7) is 4.44. The molecule has 3 heteroatoms. The first-order valence-corrected chi connectivity index (χ1v) is 7.39. The van der Waals surface area contributed by atoms with Crippen LogP contribution in [0.25, 0.3) is 11.1 Å². The minimum atomic E-state index is 0.164. The molecule has 0 amide bonds. The van der Waals surface area contributed by atoms with Crippen LogP contribution in [-0.4, -0.2) is 23.9 Å². The number of phenols is 2. The lowest BCUT2D eigenvalue weighted by Gasteiger charge is -2.11. The first-order valence-electron chi connectivity index (χ1n) is 7.39. The third kappa shape index (κ3) is 3.89. The number of ether oxygens (including phenoxy) is 1. The van der Waals surface area contributed by atoms with Gasteiger partial charge in [-0.2, -0.15) is 0 Å². The van der Waals surface area contributed by atoms with E-state index >= 15 is 0 Å². The molecule has 3 nitrogen and oxygen atoms in total. The molecule has 0 bridgehead atoms. The van der Waals surface area contributed by atoms with Gasteiger partial charge >= 0.3 is 0 Å². The van der Waals surface area contributed by atoms with E-state index in [1.54, 1.807) is 19.2 Å². The Morgan fingerprint density at radius 3 is 2.18 bits per heavy atom. The molecule has 2 aromatic carbocycles. The first kappa shape index (κ1) is 16.1. The van der Waals surface area contributed by atoms with Gasteiger partial charge in [-0.25, -0.2) is 0 Å². The van der Waals surface area contributed by atoms with Gasteiger partial charge in [0.2, 0.25) is 0 Å². The largest absolute Gasteiger partial charge is 0.507 e. The highest BCUT2D eigenvalue weighted by molar-refractivity contribution is 5.76. The van der Waals surface area contributed by atoms with Crippen LogP contribution in [-0.2, 0) is 17.6 Å². The Morgan fingerprint density at radius 2 is 1.59 bits per heavy atom. The zero-order valence-electron chi connectivity index (χ0n) is 12.9. The van der Waals surface area contributed by atoms with Crippen molar-refractivity contribution in [2.75, 3.05) is 13.7 Å². The maximum absolute atomic E-state index is 10.1. The minimum absolute atomic E-state index is 0.164. The normalized spacial score (nSPS) is 10.6. The molecule has 0 aliphatic carbocycles. The lowest BCUT2D eigenvalue weighted by Crippen LogP contribution is -1.93. The van der Waals surface area contributed by atoms with E-state index in [4.69, 9.17) is 4.74 Å². The van der Waals surface area contributed by atoms with Crippen molar-refractivity contribution in [3.8, 4) is 22.6 Å². The Labute approximate surface area is 131 Å². The first-order chi connectivity index (χ1) is 10.7. The van der Waals surface area contributed by atoms with Crippen LogP contribution in [0.1, 0.15) is 17.5 Å². The lowest BCUT2D eigenvalue weighted by atomic mass is 9.97. The van der Waals surface area contributed by atoms with Crippen LogP contribution in [0.3, 0.4) is 0 Å². The Balaban J connectivity index is 2.36. The molecule has 0 heterocycles. The van der Waals surface area contributed by atoms with E-state index in [9.17, 15) is 10.2 Å². The molecule has 0 spiro atoms. The van der Waals surface area contributed by atoms with Gasteiger partial charge in [0.15, 0.2) is 0 Å². The zero-order valence-corrected chi connectivity index (χ0v) is 12.9. The molecule has 22 heavy (non-hydrogen) atoms. The molecule has 0 aliphatic rings. The second kappa shape index (κ2) is 7.66. The highest BCUT2D eigenvalue weighted by Crippen LogP contribution is 2.36. The van der Waals surface area contributed by atoms with Crippen molar-refractivity contribution in [2.24, 2.45) is 0 Å². The van der Waals surface area contributed by atoms with Crippen LogP contribution < -0.4 is 0 Å². The van der Waals surface area contributed by atoms with Gasteiger partial charge in [0.1, 0.15) is 11.5 Å². The van der Waals surface area contributed by atoms with Crippen molar-refractivity contribution >= 4 is 0 Å². The van der Waals surface area contributed by atoms with E-state index in [1.165, 1.54) is 0 Å².